The van der Waals surface area contributed by atoms with E-state index in [9.17, 15) is 87.2 Å². The zero-order chi connectivity index (χ0) is 80.5. The summed E-state index contributed by atoms with van der Waals surface area (Å²) >= 11 is 8.46. The number of nitrogens with two attached hydrogens (primary N) is 7. The highest BCUT2D eigenvalue weighted by molar-refractivity contribution is 7.80. The van der Waals surface area contributed by atoms with E-state index in [0.717, 1.165) is 0 Å². The van der Waals surface area contributed by atoms with Gasteiger partial charge in [0.15, 0.2) is 17.9 Å². The van der Waals surface area contributed by atoms with Crippen LogP contribution in [-0.2, 0) is 78.3 Å². The maximum absolute atomic E-state index is 14.5. The summed E-state index contributed by atoms with van der Waals surface area (Å²) in [6.45, 7) is 3.40. The van der Waals surface area contributed by atoms with Crippen LogP contribution in [0.25, 0.3) is 0 Å². The Morgan fingerprint density at radius 3 is 1.47 bits per heavy atom. The van der Waals surface area contributed by atoms with Gasteiger partial charge >= 0.3 is 5.97 Å². The van der Waals surface area contributed by atoms with Crippen molar-refractivity contribution in [1.82, 2.24) is 68.7 Å². The number of rotatable bonds is 50. The number of carboxylic acids is 1. The Hall–Kier alpha value is -10.1. The summed E-state index contributed by atoms with van der Waals surface area (Å²) in [4.78, 5) is 216. The number of aldehydes is 1. The summed E-state index contributed by atoms with van der Waals surface area (Å²) in [5.41, 5.74) is 38.9. The van der Waals surface area contributed by atoms with Crippen LogP contribution in [-0.4, -0.2) is 264 Å². The van der Waals surface area contributed by atoms with E-state index in [2.05, 4.69) is 104 Å². The van der Waals surface area contributed by atoms with E-state index in [0.29, 0.717) is 24.7 Å². The molecule has 0 spiro atoms. The number of nitrogens with zero attached hydrogens (tertiary/aromatic N) is 4. The van der Waals surface area contributed by atoms with Crippen LogP contribution in [0.1, 0.15) is 104 Å². The molecule has 1 fully saturated rings. The quantitative estimate of drug-likeness (QED) is 0.00947. The van der Waals surface area contributed by atoms with E-state index in [1.807, 2.05) is 0 Å². The van der Waals surface area contributed by atoms with E-state index in [4.69, 9.17) is 40.1 Å². The van der Waals surface area contributed by atoms with Crippen LogP contribution >= 0.6 is 25.3 Å². The zero-order valence-electron chi connectivity index (χ0n) is 60.3. The van der Waals surface area contributed by atoms with Crippen LogP contribution in [0.3, 0.4) is 0 Å². The van der Waals surface area contributed by atoms with E-state index in [-0.39, 0.29) is 113 Å². The first kappa shape index (κ1) is 92.9. The van der Waals surface area contributed by atoms with Gasteiger partial charge in [0.2, 0.25) is 76.8 Å². The van der Waals surface area contributed by atoms with Crippen LogP contribution in [0.15, 0.2) is 45.3 Å². The SMILES string of the molecule is CC[C@H](C)[C@H](NC(=O)[C@H](CCCN=C(N)N)NC(=O)CNC(=O)CNC(=O)[C@H](Cc1ccccc1)NC(=O)[C@H](CS)NC(=O)[C@H](CO)NC(=O)[C@@H](N)CO)C(=O)N[C@@H](CC(=O)O)C(=O)N[C@@H](CCCN=C(N)N)C(=O)N[C@H](C(=O)N[C@@H](CS)C(=O)N1CCC[C@H]1C(=O)N[C@H](C=O)CCCN=C(N)N)[C@@H](C)CC. The Kier molecular flexibility index (Phi) is 43.1. The minimum Gasteiger partial charge on any atom is -0.481 e. The number of aliphatic carboxylic acids is 1. The van der Waals surface area contributed by atoms with Crippen molar-refractivity contribution in [2.45, 2.75) is 177 Å². The van der Waals surface area contributed by atoms with Crippen molar-refractivity contribution >= 4 is 132 Å². The number of aliphatic hydroxyl groups excluding tert-OH is 2. The number of carboxylic acid groups (broad SMARTS) is 1. The molecule has 0 saturated carbocycles. The highest BCUT2D eigenvalue weighted by atomic mass is 32.1. The molecule has 0 radical (unpaired) electrons. The second-order valence-corrected chi connectivity index (χ2v) is 25.9. The van der Waals surface area contributed by atoms with Gasteiger partial charge in [-0.05, 0) is 68.8 Å². The van der Waals surface area contributed by atoms with Gasteiger partial charge in [0.25, 0.3) is 0 Å². The number of hydrogen-bond acceptors (Lipinski definition) is 23. The summed E-state index contributed by atoms with van der Waals surface area (Å²) in [6, 6.07) is -8.92. The van der Waals surface area contributed by atoms with Gasteiger partial charge in [-0.25, -0.2) is 0 Å². The number of aliphatic hydroxyl groups is 2. The molecular formula is C64H107N23O18S2. The average Bonchev–Trinajstić information content (AvgIpc) is 1.59. The fourth-order valence-electron chi connectivity index (χ4n) is 10.4. The Morgan fingerprint density at radius 2 is 0.981 bits per heavy atom. The molecule has 0 bridgehead atoms. The minimum atomic E-state index is -1.96. The number of guanidine groups is 3. The molecule has 41 nitrogen and oxygen atoms in total. The first-order chi connectivity index (χ1) is 50.7. The number of nitrogens with one attached hydrogen (secondary N) is 12. The molecule has 0 aliphatic carbocycles. The van der Waals surface area contributed by atoms with Crippen molar-refractivity contribution in [1.29, 1.82) is 0 Å². The number of hydrogen-bond donors (Lipinski definition) is 24. The van der Waals surface area contributed by atoms with Crippen molar-refractivity contribution in [3.8, 4) is 0 Å². The maximum Gasteiger partial charge on any atom is 0.305 e. The molecule has 1 heterocycles. The molecule has 2 rings (SSSR count). The van der Waals surface area contributed by atoms with E-state index in [1.165, 1.54) is 11.8 Å². The first-order valence-corrected chi connectivity index (χ1v) is 35.9. The first-order valence-electron chi connectivity index (χ1n) is 34.6. The molecule has 1 aromatic rings. The topological polar surface area (TPSA) is 684 Å². The summed E-state index contributed by atoms with van der Waals surface area (Å²) in [5, 5.41) is 58.4. The van der Waals surface area contributed by atoms with Gasteiger partial charge in [0, 0.05) is 44.1 Å². The van der Waals surface area contributed by atoms with Crippen molar-refractivity contribution in [2.75, 3.05) is 64.0 Å². The molecule has 0 unspecified atom stereocenters. The molecule has 107 heavy (non-hydrogen) atoms. The van der Waals surface area contributed by atoms with Crippen LogP contribution in [0.4, 0.5) is 0 Å². The predicted octanol–water partition coefficient (Wildman–Crippen LogP) is -9.60. The number of carbonyl (C=O) groups excluding carboxylic acids is 14. The average molecular weight is 1550 g/mol. The lowest BCUT2D eigenvalue weighted by Crippen LogP contribution is -2.61. The van der Waals surface area contributed by atoms with E-state index >= 15 is 0 Å². The molecule has 13 amide bonds. The van der Waals surface area contributed by atoms with Gasteiger partial charge in [0.1, 0.15) is 72.7 Å². The summed E-state index contributed by atoms with van der Waals surface area (Å²) in [6.07, 6.45) is 0.554. The Morgan fingerprint density at radius 1 is 0.533 bits per heavy atom. The van der Waals surface area contributed by atoms with Crippen LogP contribution in [0, 0.1) is 11.8 Å². The molecule has 598 valence electrons. The fraction of sp³-hybridized carbons (Fsp3) is 0.625. The molecule has 1 saturated heterocycles. The highest BCUT2D eigenvalue weighted by Gasteiger charge is 2.41. The summed E-state index contributed by atoms with van der Waals surface area (Å²) < 4.78 is 0. The third kappa shape index (κ3) is 34.3. The smallest absolute Gasteiger partial charge is 0.305 e. The molecule has 29 N–H and O–H groups in total. The molecule has 43 heteroatoms. The van der Waals surface area contributed by atoms with Crippen molar-refractivity contribution in [3.05, 3.63) is 35.9 Å². The van der Waals surface area contributed by atoms with Gasteiger partial charge in [0.05, 0.1) is 38.8 Å². The van der Waals surface area contributed by atoms with E-state index < -0.39 is 200 Å². The summed E-state index contributed by atoms with van der Waals surface area (Å²) in [7, 11) is 0. The Balaban J connectivity index is 2.37. The van der Waals surface area contributed by atoms with Gasteiger partial charge in [-0.1, -0.05) is 70.9 Å². The number of benzene rings is 1. The highest BCUT2D eigenvalue weighted by Crippen LogP contribution is 2.21. The minimum absolute atomic E-state index is 0.00364. The van der Waals surface area contributed by atoms with Crippen molar-refractivity contribution < 1.29 is 87.2 Å². The summed E-state index contributed by atoms with van der Waals surface area (Å²) in [5.74, 6) is -16.6. The number of likely N-dealkylation sites (tertiary alicyclic amines) is 1. The second kappa shape index (κ2) is 49.6. The predicted molar refractivity (Wildman–Crippen MR) is 397 cm³/mol. The monoisotopic (exact) mass is 1550 g/mol. The molecule has 1 aromatic carbocycles. The van der Waals surface area contributed by atoms with Gasteiger partial charge in [-0.15, -0.1) is 0 Å². The Bertz CT molecular complexity index is 3260. The lowest BCUT2D eigenvalue weighted by atomic mass is 9.96. The van der Waals surface area contributed by atoms with Crippen LogP contribution in [0.2, 0.25) is 0 Å². The van der Waals surface area contributed by atoms with Gasteiger partial charge < -0.3 is 129 Å². The zero-order valence-corrected chi connectivity index (χ0v) is 62.1. The van der Waals surface area contributed by atoms with Gasteiger partial charge in [-0.2, -0.15) is 25.3 Å². The standard InChI is InChI=1S/C64H107N23O18S2/c1-5-33(3)49(85-53(97)38(17-11-21-73-63(68)69)78-47(92)27-75-46(91)26-76-52(96)40(24-35-14-8-7-9-15-35)80-57(101)43(31-106)83-56(100)42(30-90)82-51(95)37(65)29-89)59(103)81-41(25-48(93)94)55(99)79-39(18-12-22-74-64(70)71)54(98)86-50(34(4)6-2)60(104)84-44(32-107)61(105)87-23-13-19-45(87)58(102)77-36(28-88)16-10-20-72-62(66)67/h7-9,14-15,28,33-34,36-45,49-50,89-90,106-107H,5-6,10-13,16-27,29-32,65H2,1-4H3,(H,75,91)(H,76,96)(H,77,102)(H,78,92)(H,79,99)(H,80,101)(H,81,103)(H,82,95)(H,83,100)(H,84,104)(H,85,97)(H,86,98)(H,93,94)(H4,66,67,72)(H4,68,69,73)(H4,70,71,74)/t33-,34-,36-,37-,38-,39-,40-,41-,42-,43-,44-,45-,49-,50-/m0/s1. The third-order valence-corrected chi connectivity index (χ3v) is 17.5. The maximum atomic E-state index is 14.5. The fourth-order valence-corrected chi connectivity index (χ4v) is 10.9. The Labute approximate surface area is 629 Å². The molecular weight excluding hydrogens is 1440 g/mol. The number of amides is 13. The number of carbonyl (C=O) groups is 15. The number of aliphatic imine (C=N–C) groups is 3. The van der Waals surface area contributed by atoms with Crippen LogP contribution in [0.5, 0.6) is 0 Å². The number of thiol groups is 2. The van der Waals surface area contributed by atoms with Crippen molar-refractivity contribution in [2.24, 2.45) is 66.9 Å². The molecule has 14 atom stereocenters. The molecule has 1 aliphatic heterocycles. The molecule has 0 aromatic heterocycles. The molecule has 1 aliphatic rings. The largest absolute Gasteiger partial charge is 0.481 e. The van der Waals surface area contributed by atoms with Crippen LogP contribution < -0.4 is 104 Å². The normalized spacial score (nSPS) is 16.0. The lowest BCUT2D eigenvalue weighted by Gasteiger charge is -2.31. The van der Waals surface area contributed by atoms with Gasteiger partial charge in [-0.3, -0.25) is 82.1 Å². The lowest BCUT2D eigenvalue weighted by molar-refractivity contribution is -0.142. The third-order valence-electron chi connectivity index (χ3n) is 16.8. The van der Waals surface area contributed by atoms with E-state index in [1.54, 1.807) is 51.1 Å². The van der Waals surface area contributed by atoms with Crippen molar-refractivity contribution in [3.63, 3.8) is 0 Å². The second-order valence-electron chi connectivity index (χ2n) is 25.1.